The summed E-state index contributed by atoms with van der Waals surface area (Å²) in [5, 5.41) is 11.3. The number of likely N-dealkylation sites (tertiary alicyclic amines) is 1. The lowest BCUT2D eigenvalue weighted by molar-refractivity contribution is -0.137. The summed E-state index contributed by atoms with van der Waals surface area (Å²) in [6.45, 7) is 4.71. The van der Waals surface area contributed by atoms with Gasteiger partial charge in [-0.05, 0) is 32.7 Å². The maximum absolute atomic E-state index is 11.5. The molecule has 0 aromatic heterocycles. The highest BCUT2D eigenvalue weighted by Gasteiger charge is 2.17. The molecule has 19 heavy (non-hydrogen) atoms. The number of piperidine rings is 1. The molecule has 0 saturated carbocycles. The van der Waals surface area contributed by atoms with Crippen molar-refractivity contribution in [1.29, 1.82) is 0 Å². The molecule has 1 atom stereocenters. The number of carbonyl (C=O) groups is 2. The Balaban J connectivity index is 2.12. The van der Waals surface area contributed by atoms with E-state index in [0.29, 0.717) is 12.6 Å². The Bertz CT molecular complexity index is 310. The van der Waals surface area contributed by atoms with E-state index in [1.807, 2.05) is 0 Å². The minimum Gasteiger partial charge on any atom is -0.480 e. The lowest BCUT2D eigenvalue weighted by Crippen LogP contribution is -2.42. The summed E-state index contributed by atoms with van der Waals surface area (Å²) in [5.74, 6) is -1.00. The van der Waals surface area contributed by atoms with Crippen molar-refractivity contribution in [2.75, 3.05) is 33.2 Å². The Hall–Kier alpha value is -1.30. The maximum Gasteiger partial charge on any atom is 0.323 e. The SMILES string of the molecule is CC1CCCCN1CCCNC(=O)N(C)CC(=O)O. The number of carboxylic acid groups (broad SMARTS) is 1. The van der Waals surface area contributed by atoms with Crippen molar-refractivity contribution in [3.63, 3.8) is 0 Å². The number of hydrogen-bond donors (Lipinski definition) is 2. The number of nitrogens with zero attached hydrogens (tertiary/aromatic N) is 2. The summed E-state index contributed by atoms with van der Waals surface area (Å²) < 4.78 is 0. The highest BCUT2D eigenvalue weighted by Crippen LogP contribution is 2.15. The molecule has 2 amide bonds. The van der Waals surface area contributed by atoms with Crippen LogP contribution in [0, 0.1) is 0 Å². The van der Waals surface area contributed by atoms with Gasteiger partial charge >= 0.3 is 12.0 Å². The summed E-state index contributed by atoms with van der Waals surface area (Å²) in [5.41, 5.74) is 0. The van der Waals surface area contributed by atoms with E-state index in [4.69, 9.17) is 5.11 Å². The smallest absolute Gasteiger partial charge is 0.323 e. The average molecular weight is 271 g/mol. The van der Waals surface area contributed by atoms with E-state index in [2.05, 4.69) is 17.1 Å². The van der Waals surface area contributed by atoms with Gasteiger partial charge in [-0.15, -0.1) is 0 Å². The van der Waals surface area contributed by atoms with Gasteiger partial charge in [0.2, 0.25) is 0 Å². The highest BCUT2D eigenvalue weighted by molar-refractivity contribution is 5.79. The Labute approximate surface area is 114 Å². The molecule has 6 nitrogen and oxygen atoms in total. The molecule has 2 N–H and O–H groups in total. The molecule has 110 valence electrons. The zero-order chi connectivity index (χ0) is 14.3. The van der Waals surface area contributed by atoms with Crippen LogP contribution in [0.4, 0.5) is 4.79 Å². The van der Waals surface area contributed by atoms with Crippen LogP contribution < -0.4 is 5.32 Å². The van der Waals surface area contributed by atoms with Gasteiger partial charge in [-0.2, -0.15) is 0 Å². The van der Waals surface area contributed by atoms with Crippen LogP contribution in [0.15, 0.2) is 0 Å². The highest BCUT2D eigenvalue weighted by atomic mass is 16.4. The van der Waals surface area contributed by atoms with Gasteiger partial charge in [-0.3, -0.25) is 4.79 Å². The first-order valence-electron chi connectivity index (χ1n) is 6.95. The topological polar surface area (TPSA) is 72.9 Å². The third-order valence-electron chi connectivity index (χ3n) is 3.56. The summed E-state index contributed by atoms with van der Waals surface area (Å²) in [7, 11) is 1.48. The monoisotopic (exact) mass is 271 g/mol. The van der Waals surface area contributed by atoms with E-state index in [1.165, 1.54) is 31.2 Å². The van der Waals surface area contributed by atoms with Crippen molar-refractivity contribution in [3.05, 3.63) is 0 Å². The van der Waals surface area contributed by atoms with Gasteiger partial charge < -0.3 is 20.2 Å². The number of nitrogens with one attached hydrogen (secondary N) is 1. The number of likely N-dealkylation sites (N-methyl/N-ethyl adjacent to an activating group) is 1. The van der Waals surface area contributed by atoms with Gasteiger partial charge in [-0.25, -0.2) is 4.79 Å². The Morgan fingerprint density at radius 2 is 2.16 bits per heavy atom. The lowest BCUT2D eigenvalue weighted by Gasteiger charge is -2.33. The second-order valence-corrected chi connectivity index (χ2v) is 5.22. The van der Waals surface area contributed by atoms with Crippen molar-refractivity contribution in [2.45, 2.75) is 38.6 Å². The molecular weight excluding hydrogens is 246 g/mol. The van der Waals surface area contributed by atoms with Gasteiger partial charge in [-0.1, -0.05) is 6.42 Å². The van der Waals surface area contributed by atoms with Crippen LogP contribution in [0.2, 0.25) is 0 Å². The summed E-state index contributed by atoms with van der Waals surface area (Å²) in [4.78, 5) is 25.6. The van der Waals surface area contributed by atoms with Crippen molar-refractivity contribution in [1.82, 2.24) is 15.1 Å². The van der Waals surface area contributed by atoms with Crippen LogP contribution in [-0.4, -0.2) is 66.2 Å². The van der Waals surface area contributed by atoms with E-state index in [-0.39, 0.29) is 12.6 Å². The number of carboxylic acids is 1. The van der Waals surface area contributed by atoms with Crippen molar-refractivity contribution in [3.8, 4) is 0 Å². The Morgan fingerprint density at radius 3 is 2.79 bits per heavy atom. The zero-order valence-electron chi connectivity index (χ0n) is 11.9. The molecule has 6 heteroatoms. The zero-order valence-corrected chi connectivity index (χ0v) is 11.9. The summed E-state index contributed by atoms with van der Waals surface area (Å²) in [6, 6.07) is 0.313. The third-order valence-corrected chi connectivity index (χ3v) is 3.56. The van der Waals surface area contributed by atoms with E-state index in [0.717, 1.165) is 19.5 Å². The Morgan fingerprint density at radius 1 is 1.42 bits per heavy atom. The van der Waals surface area contributed by atoms with Crippen LogP contribution in [0.25, 0.3) is 0 Å². The molecule has 1 fully saturated rings. The summed E-state index contributed by atoms with van der Waals surface area (Å²) in [6.07, 6.45) is 4.73. The van der Waals surface area contributed by atoms with Gasteiger partial charge in [0, 0.05) is 26.2 Å². The van der Waals surface area contributed by atoms with Crippen LogP contribution >= 0.6 is 0 Å². The lowest BCUT2D eigenvalue weighted by atomic mass is 10.0. The standard InChI is InChI=1S/C13H25N3O3/c1-11-6-3-4-8-16(11)9-5-7-14-13(19)15(2)10-12(17)18/h11H,3-10H2,1-2H3,(H,14,19)(H,17,18). The number of carbonyl (C=O) groups excluding carboxylic acids is 1. The second-order valence-electron chi connectivity index (χ2n) is 5.22. The normalized spacial score (nSPS) is 20.0. The fourth-order valence-electron chi connectivity index (χ4n) is 2.38. The quantitative estimate of drug-likeness (QED) is 0.706. The number of hydrogen-bond acceptors (Lipinski definition) is 3. The first-order valence-corrected chi connectivity index (χ1v) is 6.95. The molecule has 0 radical (unpaired) electrons. The molecule has 1 saturated heterocycles. The van der Waals surface area contributed by atoms with E-state index >= 15 is 0 Å². The minimum absolute atomic E-state index is 0.269. The van der Waals surface area contributed by atoms with Crippen LogP contribution in [0.1, 0.15) is 32.6 Å². The largest absolute Gasteiger partial charge is 0.480 e. The van der Waals surface area contributed by atoms with Crippen LogP contribution in [0.5, 0.6) is 0 Å². The van der Waals surface area contributed by atoms with E-state index < -0.39 is 5.97 Å². The first kappa shape index (κ1) is 15.8. The number of urea groups is 1. The average Bonchev–Trinajstić information content (AvgIpc) is 2.35. The molecule has 1 aliphatic heterocycles. The van der Waals surface area contributed by atoms with Crippen molar-refractivity contribution in [2.24, 2.45) is 0 Å². The molecule has 0 spiro atoms. The molecule has 1 unspecified atom stereocenters. The molecule has 0 aliphatic carbocycles. The number of aliphatic carboxylic acids is 1. The molecule has 0 aromatic rings. The second kappa shape index (κ2) is 7.99. The first-order chi connectivity index (χ1) is 9.00. The van der Waals surface area contributed by atoms with E-state index in [9.17, 15) is 9.59 Å². The van der Waals surface area contributed by atoms with Crippen LogP contribution in [-0.2, 0) is 4.79 Å². The third kappa shape index (κ3) is 5.92. The van der Waals surface area contributed by atoms with Gasteiger partial charge in [0.1, 0.15) is 6.54 Å². The molecule has 1 rings (SSSR count). The predicted molar refractivity (Wildman–Crippen MR) is 73.2 cm³/mol. The van der Waals surface area contributed by atoms with Crippen LogP contribution in [0.3, 0.4) is 0 Å². The molecule has 0 bridgehead atoms. The Kier molecular flexibility index (Phi) is 6.62. The number of rotatable bonds is 6. The van der Waals surface area contributed by atoms with Gasteiger partial charge in [0.05, 0.1) is 0 Å². The fourth-order valence-corrected chi connectivity index (χ4v) is 2.38. The molecular formula is C13H25N3O3. The van der Waals surface area contributed by atoms with Gasteiger partial charge in [0.15, 0.2) is 0 Å². The van der Waals surface area contributed by atoms with Crippen molar-refractivity contribution >= 4 is 12.0 Å². The molecule has 1 aliphatic rings. The molecule has 1 heterocycles. The van der Waals surface area contributed by atoms with E-state index in [1.54, 1.807) is 0 Å². The predicted octanol–water partition coefficient (Wildman–Crippen LogP) is 0.977. The summed E-state index contributed by atoms with van der Waals surface area (Å²) >= 11 is 0. The number of amides is 2. The fraction of sp³-hybridized carbons (Fsp3) is 0.846. The van der Waals surface area contributed by atoms with Gasteiger partial charge in [0.25, 0.3) is 0 Å². The minimum atomic E-state index is -1.00. The van der Waals surface area contributed by atoms with Crippen molar-refractivity contribution < 1.29 is 14.7 Å². The maximum atomic E-state index is 11.5. The molecule has 0 aromatic carbocycles.